The first-order valence-electron chi connectivity index (χ1n) is 8.96. The third kappa shape index (κ3) is 4.26. The monoisotopic (exact) mass is 375 g/mol. The van der Waals surface area contributed by atoms with Gasteiger partial charge in [0.15, 0.2) is 0 Å². The molecule has 0 saturated carbocycles. The largest absolute Gasteiger partial charge is 0.340 e. The van der Waals surface area contributed by atoms with Crippen molar-refractivity contribution >= 4 is 17.5 Å². The summed E-state index contributed by atoms with van der Waals surface area (Å²) in [6.45, 7) is 5.56. The van der Waals surface area contributed by atoms with Crippen molar-refractivity contribution in [2.45, 2.75) is 51.4 Å². The number of nitrogens with zero attached hydrogens (tertiary/aromatic N) is 3. The van der Waals surface area contributed by atoms with Gasteiger partial charge >= 0.3 is 0 Å². The first-order chi connectivity index (χ1) is 12.5. The van der Waals surface area contributed by atoms with Crippen LogP contribution in [0.15, 0.2) is 36.7 Å². The van der Waals surface area contributed by atoms with E-state index < -0.39 is 0 Å². The molecule has 1 amide bonds. The van der Waals surface area contributed by atoms with E-state index in [0.717, 1.165) is 24.4 Å². The molecule has 0 radical (unpaired) electrons. The van der Waals surface area contributed by atoms with Crippen molar-refractivity contribution in [3.8, 4) is 0 Å². The standard InChI is InChI=1S/C19H26ClN5O/c1-13(2)18-21-8-9-25(18)12-15-10-17(23-22-15)19(26)24(3)11-14-6-4-5-7-16(14)20/h4-9,13,15,17,22-23H,10-12H2,1-3H3. The van der Waals surface area contributed by atoms with Gasteiger partial charge in [-0.2, -0.15) is 0 Å². The summed E-state index contributed by atoms with van der Waals surface area (Å²) in [6.07, 6.45) is 4.56. The lowest BCUT2D eigenvalue weighted by atomic mass is 10.1. The Kier molecular flexibility index (Phi) is 5.96. The van der Waals surface area contributed by atoms with Crippen LogP contribution in [0.5, 0.6) is 0 Å². The SMILES string of the molecule is CC(C)c1nccn1CC1CC(C(=O)N(C)Cc2ccccc2Cl)NN1. The molecule has 2 N–H and O–H groups in total. The lowest BCUT2D eigenvalue weighted by molar-refractivity contribution is -0.132. The molecule has 140 valence electrons. The van der Waals surface area contributed by atoms with Crippen LogP contribution in [0.3, 0.4) is 0 Å². The predicted octanol–water partition coefficient (Wildman–Crippen LogP) is 2.55. The molecule has 1 aliphatic heterocycles. The normalized spacial score (nSPS) is 19.9. The summed E-state index contributed by atoms with van der Waals surface area (Å²) in [5.41, 5.74) is 7.34. The molecule has 3 rings (SSSR count). The molecule has 0 spiro atoms. The number of hydrogen-bond acceptors (Lipinski definition) is 4. The van der Waals surface area contributed by atoms with Gasteiger partial charge in [-0.1, -0.05) is 43.6 Å². The first-order valence-corrected chi connectivity index (χ1v) is 9.34. The maximum atomic E-state index is 12.7. The average molecular weight is 376 g/mol. The Labute approximate surface area is 159 Å². The average Bonchev–Trinajstić information content (AvgIpc) is 3.26. The fourth-order valence-electron chi connectivity index (χ4n) is 3.34. The molecule has 1 saturated heterocycles. The van der Waals surface area contributed by atoms with E-state index in [1.54, 1.807) is 4.90 Å². The van der Waals surface area contributed by atoms with Crippen LogP contribution >= 0.6 is 11.6 Å². The number of rotatable bonds is 6. The second-order valence-corrected chi connectivity index (χ2v) is 7.56. The van der Waals surface area contributed by atoms with E-state index in [9.17, 15) is 4.79 Å². The van der Waals surface area contributed by atoms with E-state index in [1.165, 1.54) is 0 Å². The van der Waals surface area contributed by atoms with Gasteiger partial charge < -0.3 is 9.47 Å². The number of amides is 1. The number of carbonyl (C=O) groups excluding carboxylic acids is 1. The molecule has 26 heavy (non-hydrogen) atoms. The highest BCUT2D eigenvalue weighted by atomic mass is 35.5. The minimum atomic E-state index is -0.237. The number of halogens is 1. The van der Waals surface area contributed by atoms with Crippen LogP contribution in [0.1, 0.15) is 37.6 Å². The van der Waals surface area contributed by atoms with Gasteiger partial charge in [0.2, 0.25) is 5.91 Å². The molecule has 1 aromatic heterocycles. The minimum absolute atomic E-state index is 0.0645. The summed E-state index contributed by atoms with van der Waals surface area (Å²) in [7, 11) is 1.81. The fraction of sp³-hybridized carbons (Fsp3) is 0.474. The molecule has 7 heteroatoms. The zero-order chi connectivity index (χ0) is 18.7. The number of hydrazine groups is 1. The minimum Gasteiger partial charge on any atom is -0.340 e. The third-order valence-corrected chi connectivity index (χ3v) is 5.07. The van der Waals surface area contributed by atoms with Crippen molar-refractivity contribution in [3.05, 3.63) is 53.1 Å². The quantitative estimate of drug-likeness (QED) is 0.814. The van der Waals surface area contributed by atoms with Gasteiger partial charge in [0.25, 0.3) is 0 Å². The van der Waals surface area contributed by atoms with E-state index in [2.05, 4.69) is 34.3 Å². The Bertz CT molecular complexity index is 760. The molecule has 0 bridgehead atoms. The van der Waals surface area contributed by atoms with Gasteiger partial charge in [-0.15, -0.1) is 0 Å². The summed E-state index contributed by atoms with van der Waals surface area (Å²) in [6, 6.07) is 7.56. The maximum absolute atomic E-state index is 12.7. The first kappa shape index (κ1) is 18.9. The molecular formula is C19H26ClN5O. The van der Waals surface area contributed by atoms with Crippen LogP contribution in [-0.4, -0.2) is 39.5 Å². The molecule has 2 unspecified atom stereocenters. The second kappa shape index (κ2) is 8.20. The number of carbonyl (C=O) groups is 1. The van der Waals surface area contributed by atoms with Gasteiger partial charge in [-0.05, 0) is 18.1 Å². The van der Waals surface area contributed by atoms with Crippen molar-refractivity contribution in [1.82, 2.24) is 25.3 Å². The number of imidazole rings is 1. The van der Waals surface area contributed by atoms with Crippen molar-refractivity contribution in [1.29, 1.82) is 0 Å². The van der Waals surface area contributed by atoms with Gasteiger partial charge in [0, 0.05) is 49.5 Å². The summed E-state index contributed by atoms with van der Waals surface area (Å²) < 4.78 is 2.16. The van der Waals surface area contributed by atoms with Gasteiger partial charge in [0.05, 0.1) is 0 Å². The summed E-state index contributed by atoms with van der Waals surface area (Å²) in [5, 5.41) is 0.684. The summed E-state index contributed by atoms with van der Waals surface area (Å²) >= 11 is 6.20. The Hall–Kier alpha value is -1.89. The van der Waals surface area contributed by atoms with Crippen LogP contribution in [0.4, 0.5) is 0 Å². The Balaban J connectivity index is 1.57. The zero-order valence-electron chi connectivity index (χ0n) is 15.4. The van der Waals surface area contributed by atoms with Crippen molar-refractivity contribution in [2.75, 3.05) is 7.05 Å². The van der Waals surface area contributed by atoms with Gasteiger partial charge in [-0.25, -0.2) is 10.4 Å². The molecule has 6 nitrogen and oxygen atoms in total. The molecule has 2 heterocycles. The zero-order valence-corrected chi connectivity index (χ0v) is 16.2. The van der Waals surface area contributed by atoms with E-state index in [4.69, 9.17) is 11.6 Å². The number of nitrogens with one attached hydrogen (secondary N) is 2. The van der Waals surface area contributed by atoms with Crippen molar-refractivity contribution in [2.24, 2.45) is 0 Å². The predicted molar refractivity (Wildman–Crippen MR) is 103 cm³/mol. The van der Waals surface area contributed by atoms with Crippen LogP contribution < -0.4 is 10.9 Å². The molecule has 1 aliphatic rings. The number of benzene rings is 1. The number of hydrogen-bond donors (Lipinski definition) is 2. The Morgan fingerprint density at radius 3 is 2.88 bits per heavy atom. The smallest absolute Gasteiger partial charge is 0.241 e. The molecule has 1 fully saturated rings. The molecule has 2 atom stereocenters. The van der Waals surface area contributed by atoms with Crippen molar-refractivity contribution in [3.63, 3.8) is 0 Å². The van der Waals surface area contributed by atoms with Crippen LogP contribution in [0, 0.1) is 0 Å². The summed E-state index contributed by atoms with van der Waals surface area (Å²) in [4.78, 5) is 18.9. The van der Waals surface area contributed by atoms with Crippen molar-refractivity contribution < 1.29 is 4.79 Å². The topological polar surface area (TPSA) is 62.2 Å². The van der Waals surface area contributed by atoms with E-state index in [1.807, 2.05) is 43.7 Å². The number of aromatic nitrogens is 2. The van der Waals surface area contributed by atoms with E-state index in [-0.39, 0.29) is 18.0 Å². The summed E-state index contributed by atoms with van der Waals surface area (Å²) in [5.74, 6) is 1.51. The number of likely N-dealkylation sites (N-methyl/N-ethyl adjacent to an activating group) is 1. The highest BCUT2D eigenvalue weighted by molar-refractivity contribution is 6.31. The highest BCUT2D eigenvalue weighted by Gasteiger charge is 2.31. The van der Waals surface area contributed by atoms with Crippen LogP contribution in [-0.2, 0) is 17.9 Å². The fourth-order valence-corrected chi connectivity index (χ4v) is 3.54. The lowest BCUT2D eigenvalue weighted by Gasteiger charge is -2.21. The Morgan fingerprint density at radius 1 is 1.38 bits per heavy atom. The molecule has 1 aromatic carbocycles. The molecule has 0 aliphatic carbocycles. The third-order valence-electron chi connectivity index (χ3n) is 4.70. The van der Waals surface area contributed by atoms with E-state index in [0.29, 0.717) is 17.5 Å². The van der Waals surface area contributed by atoms with Gasteiger partial charge in [-0.3, -0.25) is 10.2 Å². The lowest BCUT2D eigenvalue weighted by Crippen LogP contribution is -2.44. The Morgan fingerprint density at radius 2 is 2.15 bits per heavy atom. The van der Waals surface area contributed by atoms with E-state index >= 15 is 0 Å². The molecule has 2 aromatic rings. The second-order valence-electron chi connectivity index (χ2n) is 7.15. The van der Waals surface area contributed by atoms with Gasteiger partial charge in [0.1, 0.15) is 11.9 Å². The highest BCUT2D eigenvalue weighted by Crippen LogP contribution is 2.19. The molecular weight excluding hydrogens is 350 g/mol. The van der Waals surface area contributed by atoms with Crippen LogP contribution in [0.2, 0.25) is 5.02 Å². The van der Waals surface area contributed by atoms with Crippen LogP contribution in [0.25, 0.3) is 0 Å². The maximum Gasteiger partial charge on any atom is 0.241 e.